The molecule has 1 heterocycles. The number of carbonyl (C=O) groups is 1. The fraction of sp³-hybridized carbons (Fsp3) is 0.143. The van der Waals surface area contributed by atoms with Crippen molar-refractivity contribution in [2.45, 2.75) is 13.3 Å². The summed E-state index contributed by atoms with van der Waals surface area (Å²) in [5.74, 6) is -0.307. The van der Waals surface area contributed by atoms with Gasteiger partial charge in [0, 0.05) is 11.2 Å². The molecule has 19 heavy (non-hydrogen) atoms. The second-order valence-corrected chi connectivity index (χ2v) is 4.29. The number of carboxylic acids is 1. The van der Waals surface area contributed by atoms with Crippen LogP contribution in [0, 0.1) is 0 Å². The molecule has 4 nitrogen and oxygen atoms in total. The summed E-state index contributed by atoms with van der Waals surface area (Å²) in [5.41, 5.74) is 1.02. The minimum Gasteiger partial charge on any atom is -0.478 e. The number of aryl methyl sites for hydroxylation is 1. The number of rotatable bonds is 4. The molecular formula is C14H12ClNO3. The zero-order valence-corrected chi connectivity index (χ0v) is 11.0. The van der Waals surface area contributed by atoms with E-state index in [1.54, 1.807) is 18.2 Å². The lowest BCUT2D eigenvalue weighted by molar-refractivity contribution is 0.0694. The SMILES string of the molecule is CCc1cc(Oc2cnccc2C(=O)O)ccc1Cl. The number of hydrogen-bond donors (Lipinski definition) is 1. The standard InChI is InChI=1S/C14H12ClNO3/c1-2-9-7-10(3-4-12(9)15)19-13-8-16-6-5-11(13)14(17)18/h3-8H,2H2,1H3,(H,17,18). The molecular weight excluding hydrogens is 266 g/mol. The lowest BCUT2D eigenvalue weighted by atomic mass is 10.1. The normalized spacial score (nSPS) is 10.2. The second-order valence-electron chi connectivity index (χ2n) is 3.89. The Balaban J connectivity index is 2.34. The molecule has 1 aromatic heterocycles. The summed E-state index contributed by atoms with van der Waals surface area (Å²) in [4.78, 5) is 14.9. The van der Waals surface area contributed by atoms with Crippen molar-refractivity contribution in [2.24, 2.45) is 0 Å². The first-order valence-corrected chi connectivity index (χ1v) is 6.13. The van der Waals surface area contributed by atoms with Gasteiger partial charge in [-0.2, -0.15) is 0 Å². The van der Waals surface area contributed by atoms with Gasteiger partial charge in [0.2, 0.25) is 0 Å². The average molecular weight is 278 g/mol. The molecule has 0 saturated heterocycles. The van der Waals surface area contributed by atoms with Gasteiger partial charge in [-0.15, -0.1) is 0 Å². The van der Waals surface area contributed by atoms with Gasteiger partial charge in [-0.3, -0.25) is 4.98 Å². The van der Waals surface area contributed by atoms with Gasteiger partial charge >= 0.3 is 5.97 Å². The van der Waals surface area contributed by atoms with Gasteiger partial charge in [0.05, 0.1) is 6.20 Å². The molecule has 0 bridgehead atoms. The summed E-state index contributed by atoms with van der Waals surface area (Å²) in [6, 6.07) is 6.61. The van der Waals surface area contributed by atoms with Gasteiger partial charge in [0.1, 0.15) is 11.3 Å². The highest BCUT2D eigenvalue weighted by atomic mass is 35.5. The van der Waals surface area contributed by atoms with Crippen LogP contribution >= 0.6 is 11.6 Å². The van der Waals surface area contributed by atoms with Gasteiger partial charge in [-0.1, -0.05) is 18.5 Å². The van der Waals surface area contributed by atoms with Gasteiger partial charge in [-0.25, -0.2) is 4.79 Å². The molecule has 1 N–H and O–H groups in total. The average Bonchev–Trinajstić information content (AvgIpc) is 2.41. The van der Waals surface area contributed by atoms with Gasteiger partial charge in [0.25, 0.3) is 0 Å². The Hall–Kier alpha value is -2.07. The van der Waals surface area contributed by atoms with E-state index in [9.17, 15) is 4.79 Å². The molecule has 0 aliphatic carbocycles. The maximum Gasteiger partial charge on any atom is 0.339 e. The Labute approximate surface area is 115 Å². The molecule has 0 radical (unpaired) electrons. The fourth-order valence-electron chi connectivity index (χ4n) is 1.65. The van der Waals surface area contributed by atoms with E-state index in [4.69, 9.17) is 21.4 Å². The van der Waals surface area contributed by atoms with Crippen molar-refractivity contribution in [1.29, 1.82) is 0 Å². The highest BCUT2D eigenvalue weighted by Crippen LogP contribution is 2.28. The molecule has 0 spiro atoms. The number of pyridine rings is 1. The summed E-state index contributed by atoms with van der Waals surface area (Å²) < 4.78 is 5.57. The first kappa shape index (κ1) is 13.4. The van der Waals surface area contributed by atoms with E-state index in [1.807, 2.05) is 6.92 Å². The molecule has 0 atom stereocenters. The highest BCUT2D eigenvalue weighted by molar-refractivity contribution is 6.31. The Morgan fingerprint density at radius 3 is 2.89 bits per heavy atom. The highest BCUT2D eigenvalue weighted by Gasteiger charge is 2.12. The van der Waals surface area contributed by atoms with Gasteiger partial charge in [0.15, 0.2) is 5.75 Å². The molecule has 1 aromatic carbocycles. The Morgan fingerprint density at radius 1 is 1.42 bits per heavy atom. The number of nitrogens with zero attached hydrogens (tertiary/aromatic N) is 1. The number of ether oxygens (including phenoxy) is 1. The van der Waals surface area contributed by atoms with Crippen molar-refractivity contribution in [3.05, 3.63) is 52.8 Å². The topological polar surface area (TPSA) is 59.4 Å². The van der Waals surface area contributed by atoms with Crippen molar-refractivity contribution < 1.29 is 14.6 Å². The van der Waals surface area contributed by atoms with Crippen LogP contribution in [0.1, 0.15) is 22.8 Å². The molecule has 5 heteroatoms. The largest absolute Gasteiger partial charge is 0.478 e. The van der Waals surface area contributed by atoms with E-state index in [0.29, 0.717) is 10.8 Å². The minimum absolute atomic E-state index is 0.0722. The molecule has 0 aliphatic rings. The van der Waals surface area contributed by atoms with Crippen LogP contribution in [0.5, 0.6) is 11.5 Å². The summed E-state index contributed by atoms with van der Waals surface area (Å²) >= 11 is 6.02. The smallest absolute Gasteiger partial charge is 0.339 e. The summed E-state index contributed by atoms with van der Waals surface area (Å²) in [5, 5.41) is 9.73. The number of aromatic carboxylic acids is 1. The molecule has 2 aromatic rings. The number of carboxylic acid groups (broad SMARTS) is 1. The lowest BCUT2D eigenvalue weighted by Crippen LogP contribution is -2.00. The Bertz CT molecular complexity index is 613. The molecule has 0 fully saturated rings. The predicted octanol–water partition coefficient (Wildman–Crippen LogP) is 3.79. The first-order chi connectivity index (χ1) is 9.11. The van der Waals surface area contributed by atoms with Crippen LogP contribution in [0.25, 0.3) is 0 Å². The molecule has 0 saturated carbocycles. The zero-order chi connectivity index (χ0) is 13.8. The number of halogens is 1. The van der Waals surface area contributed by atoms with Crippen molar-refractivity contribution in [2.75, 3.05) is 0 Å². The third kappa shape index (κ3) is 3.03. The van der Waals surface area contributed by atoms with Crippen LogP contribution < -0.4 is 4.74 Å². The summed E-state index contributed by atoms with van der Waals surface area (Å²) in [6.07, 6.45) is 3.56. The lowest BCUT2D eigenvalue weighted by Gasteiger charge is -2.09. The van der Waals surface area contributed by atoms with E-state index in [-0.39, 0.29) is 11.3 Å². The fourth-order valence-corrected chi connectivity index (χ4v) is 1.90. The van der Waals surface area contributed by atoms with Crippen LogP contribution in [0.3, 0.4) is 0 Å². The van der Waals surface area contributed by atoms with Crippen molar-refractivity contribution >= 4 is 17.6 Å². The van der Waals surface area contributed by atoms with Crippen LogP contribution in [-0.4, -0.2) is 16.1 Å². The number of aromatic nitrogens is 1. The second kappa shape index (κ2) is 5.71. The predicted molar refractivity (Wildman–Crippen MR) is 72.1 cm³/mol. The molecule has 2 rings (SSSR count). The van der Waals surface area contributed by atoms with Crippen LogP contribution in [0.15, 0.2) is 36.7 Å². The maximum atomic E-state index is 11.1. The van der Waals surface area contributed by atoms with Crippen LogP contribution in [-0.2, 0) is 6.42 Å². The Morgan fingerprint density at radius 2 is 2.21 bits per heavy atom. The first-order valence-electron chi connectivity index (χ1n) is 5.75. The summed E-state index contributed by atoms with van der Waals surface area (Å²) in [6.45, 7) is 1.98. The Kier molecular flexibility index (Phi) is 4.02. The quantitative estimate of drug-likeness (QED) is 0.924. The van der Waals surface area contributed by atoms with E-state index >= 15 is 0 Å². The van der Waals surface area contributed by atoms with E-state index in [2.05, 4.69) is 4.98 Å². The van der Waals surface area contributed by atoms with E-state index in [0.717, 1.165) is 12.0 Å². The molecule has 98 valence electrons. The van der Waals surface area contributed by atoms with E-state index < -0.39 is 5.97 Å². The zero-order valence-electron chi connectivity index (χ0n) is 10.3. The summed E-state index contributed by atoms with van der Waals surface area (Å²) in [7, 11) is 0. The van der Waals surface area contributed by atoms with Gasteiger partial charge < -0.3 is 9.84 Å². The van der Waals surface area contributed by atoms with Crippen molar-refractivity contribution in [3.8, 4) is 11.5 Å². The minimum atomic E-state index is -1.05. The van der Waals surface area contributed by atoms with Crippen molar-refractivity contribution in [3.63, 3.8) is 0 Å². The molecule has 0 aliphatic heterocycles. The van der Waals surface area contributed by atoms with E-state index in [1.165, 1.54) is 18.5 Å². The third-order valence-corrected chi connectivity index (χ3v) is 3.01. The number of hydrogen-bond acceptors (Lipinski definition) is 3. The van der Waals surface area contributed by atoms with Crippen LogP contribution in [0.2, 0.25) is 5.02 Å². The molecule has 0 unspecified atom stereocenters. The number of benzene rings is 1. The van der Waals surface area contributed by atoms with Gasteiger partial charge in [-0.05, 0) is 36.2 Å². The van der Waals surface area contributed by atoms with Crippen LogP contribution in [0.4, 0.5) is 0 Å². The monoisotopic (exact) mass is 277 g/mol. The maximum absolute atomic E-state index is 11.1. The third-order valence-electron chi connectivity index (χ3n) is 2.64. The molecule has 0 amide bonds. The van der Waals surface area contributed by atoms with Crippen molar-refractivity contribution in [1.82, 2.24) is 4.98 Å².